The molecular weight excluding hydrogens is 216 g/mol. The molecule has 0 amide bonds. The summed E-state index contributed by atoms with van der Waals surface area (Å²) in [6, 6.07) is 9.77. The molecule has 0 aliphatic rings. The fourth-order valence-corrected chi connectivity index (χ4v) is 4.37. The summed E-state index contributed by atoms with van der Waals surface area (Å²) in [7, 11) is -2.89. The van der Waals surface area contributed by atoms with Crippen molar-refractivity contribution in [2.75, 3.05) is 0 Å². The van der Waals surface area contributed by atoms with Crippen LogP contribution >= 0.6 is 0 Å². The highest BCUT2D eigenvalue weighted by Gasteiger charge is 2.48. The molecule has 1 rings (SSSR count). The zero-order chi connectivity index (χ0) is 12.4. The first-order valence-electron chi connectivity index (χ1n) is 5.73. The van der Waals surface area contributed by atoms with Crippen LogP contribution in [0.5, 0.6) is 0 Å². The Hall–Kier alpha value is -0.643. The number of hydrogen-bond acceptors (Lipinski definition) is 2. The third-order valence-corrected chi connectivity index (χ3v) is 6.55. The third-order valence-electron chi connectivity index (χ3n) is 2.59. The van der Waals surface area contributed by atoms with Crippen molar-refractivity contribution >= 4 is 13.7 Å². The first-order chi connectivity index (χ1) is 7.27. The third kappa shape index (κ3) is 2.73. The van der Waals surface area contributed by atoms with Gasteiger partial charge in [0.1, 0.15) is 0 Å². The Kier molecular flexibility index (Phi) is 3.94. The average Bonchev–Trinajstić information content (AvgIpc) is 2.16. The van der Waals surface area contributed by atoms with Gasteiger partial charge in [-0.2, -0.15) is 0 Å². The van der Waals surface area contributed by atoms with E-state index >= 15 is 0 Å². The van der Waals surface area contributed by atoms with Gasteiger partial charge in [-0.05, 0) is 19.0 Å². The molecule has 0 radical (unpaired) electrons. The largest absolute Gasteiger partial charge is 0.407 e. The predicted octanol–water partition coefficient (Wildman–Crippen LogP) is 2.55. The van der Waals surface area contributed by atoms with Gasteiger partial charge in [-0.1, -0.05) is 51.1 Å². The Labute approximate surface area is 99.5 Å². The van der Waals surface area contributed by atoms with Crippen molar-refractivity contribution in [2.45, 2.75) is 45.8 Å². The molecule has 16 heavy (non-hydrogen) atoms. The average molecular weight is 238 g/mol. The van der Waals surface area contributed by atoms with Crippen LogP contribution in [0.1, 0.15) is 34.6 Å². The molecule has 0 aliphatic heterocycles. The highest BCUT2D eigenvalue weighted by Crippen LogP contribution is 2.35. The summed E-state index contributed by atoms with van der Waals surface area (Å²) in [6.45, 7) is 10.0. The van der Waals surface area contributed by atoms with Crippen LogP contribution in [0, 0.1) is 0 Å². The van der Waals surface area contributed by atoms with E-state index in [0.29, 0.717) is 0 Å². The first kappa shape index (κ1) is 13.4. The molecule has 0 unspecified atom stereocenters. The van der Waals surface area contributed by atoms with Gasteiger partial charge in [0, 0.05) is 11.1 Å². The quantitative estimate of drug-likeness (QED) is 0.820. The fraction of sp³-hybridized carbons (Fsp3) is 0.538. The first-order valence-corrected chi connectivity index (χ1v) is 7.58. The molecule has 0 aromatic heterocycles. The van der Waals surface area contributed by atoms with Gasteiger partial charge in [-0.3, -0.25) is 0 Å². The van der Waals surface area contributed by atoms with Crippen molar-refractivity contribution in [1.82, 2.24) is 0 Å². The molecule has 1 atom stereocenters. The topological polar surface area (TPSA) is 29.5 Å². The monoisotopic (exact) mass is 238 g/mol. The van der Waals surface area contributed by atoms with Crippen LogP contribution < -0.4 is 5.19 Å². The molecule has 0 fully saturated rings. The van der Waals surface area contributed by atoms with Gasteiger partial charge in [-0.25, -0.2) is 0 Å². The molecule has 1 aromatic carbocycles. The zero-order valence-corrected chi connectivity index (χ0v) is 11.8. The van der Waals surface area contributed by atoms with Crippen molar-refractivity contribution in [2.24, 2.45) is 0 Å². The summed E-state index contributed by atoms with van der Waals surface area (Å²) >= 11 is 0. The summed E-state index contributed by atoms with van der Waals surface area (Å²) in [5.41, 5.74) is 0. The van der Waals surface area contributed by atoms with E-state index in [4.69, 9.17) is 4.43 Å². The number of rotatable bonds is 3. The minimum Gasteiger partial charge on any atom is -0.407 e. The van der Waals surface area contributed by atoms with Gasteiger partial charge in [0.05, 0.1) is 0 Å². The molecule has 3 heteroatoms. The highest BCUT2D eigenvalue weighted by atomic mass is 28.4. The maximum absolute atomic E-state index is 10.9. The molecule has 0 bridgehead atoms. The lowest BCUT2D eigenvalue weighted by Crippen LogP contribution is -2.59. The van der Waals surface area contributed by atoms with Crippen LogP contribution in [0.3, 0.4) is 0 Å². The van der Waals surface area contributed by atoms with Crippen LogP contribution in [0.4, 0.5) is 0 Å². The van der Waals surface area contributed by atoms with Crippen molar-refractivity contribution < 1.29 is 9.22 Å². The van der Waals surface area contributed by atoms with Crippen LogP contribution in [0.2, 0.25) is 5.04 Å². The van der Waals surface area contributed by atoms with E-state index < -0.39 is 8.56 Å². The molecule has 1 aromatic rings. The minimum absolute atomic E-state index is 0.0381. The normalized spacial score (nSPS) is 16.2. The maximum atomic E-state index is 10.9. The van der Waals surface area contributed by atoms with Crippen LogP contribution in [-0.2, 0) is 4.43 Å². The zero-order valence-electron chi connectivity index (χ0n) is 10.8. The van der Waals surface area contributed by atoms with Crippen molar-refractivity contribution in [1.29, 1.82) is 0 Å². The van der Waals surface area contributed by atoms with E-state index in [0.717, 1.165) is 5.19 Å². The lowest BCUT2D eigenvalue weighted by atomic mass is 10.2. The molecule has 1 N–H and O–H groups in total. The predicted molar refractivity (Wildman–Crippen MR) is 70.0 cm³/mol. The minimum atomic E-state index is -2.89. The smallest absolute Gasteiger partial charge is 0.375 e. The summed E-state index contributed by atoms with van der Waals surface area (Å²) < 4.78 is 5.88. The summed E-state index contributed by atoms with van der Waals surface area (Å²) in [5, 5.41) is 0.703. The van der Waals surface area contributed by atoms with Crippen molar-refractivity contribution in [3.05, 3.63) is 30.3 Å². The molecular formula is C13H22O2Si. The lowest BCUT2D eigenvalue weighted by Gasteiger charge is -2.38. The maximum Gasteiger partial charge on any atom is 0.375 e. The van der Waals surface area contributed by atoms with Gasteiger partial charge in [0.15, 0.2) is 0 Å². The fourth-order valence-electron chi connectivity index (χ4n) is 1.68. The Morgan fingerprint density at radius 2 is 1.62 bits per heavy atom. The van der Waals surface area contributed by atoms with E-state index in [2.05, 4.69) is 0 Å². The second-order valence-electron chi connectivity index (χ2n) is 5.43. The van der Waals surface area contributed by atoms with E-state index in [9.17, 15) is 4.80 Å². The van der Waals surface area contributed by atoms with Crippen LogP contribution in [0.15, 0.2) is 30.3 Å². The molecule has 0 heterocycles. The van der Waals surface area contributed by atoms with E-state index in [1.807, 2.05) is 65.0 Å². The van der Waals surface area contributed by atoms with E-state index in [-0.39, 0.29) is 11.1 Å². The second kappa shape index (κ2) is 4.70. The van der Waals surface area contributed by atoms with Gasteiger partial charge in [0.2, 0.25) is 0 Å². The van der Waals surface area contributed by atoms with Crippen LogP contribution in [0.25, 0.3) is 0 Å². The Morgan fingerprint density at radius 1 is 1.12 bits per heavy atom. The SMILES string of the molecule is CC(C)O[Si@@](O)(c1ccccc1)C(C)(C)C. The van der Waals surface area contributed by atoms with Gasteiger partial charge in [0.25, 0.3) is 0 Å². The molecule has 0 saturated carbocycles. The van der Waals surface area contributed by atoms with Gasteiger partial charge < -0.3 is 9.22 Å². The molecule has 0 spiro atoms. The highest BCUT2D eigenvalue weighted by molar-refractivity contribution is 6.82. The standard InChI is InChI=1S/C13H22O2Si/c1-11(2)15-16(14,13(3,4)5)12-9-7-6-8-10-12/h6-11,14H,1-5H3/t16-/m0/s1. The molecule has 0 aliphatic carbocycles. The summed E-state index contributed by atoms with van der Waals surface area (Å²) in [6.07, 6.45) is 0.0381. The summed E-state index contributed by atoms with van der Waals surface area (Å²) in [4.78, 5) is 10.9. The number of benzene rings is 1. The van der Waals surface area contributed by atoms with Gasteiger partial charge in [-0.15, -0.1) is 0 Å². The molecule has 0 saturated heterocycles. The van der Waals surface area contributed by atoms with Crippen LogP contribution in [-0.4, -0.2) is 19.5 Å². The van der Waals surface area contributed by atoms with E-state index in [1.54, 1.807) is 0 Å². The Balaban J connectivity index is 3.16. The van der Waals surface area contributed by atoms with Crippen molar-refractivity contribution in [3.63, 3.8) is 0 Å². The molecule has 2 nitrogen and oxygen atoms in total. The Morgan fingerprint density at radius 3 is 2.00 bits per heavy atom. The lowest BCUT2D eigenvalue weighted by molar-refractivity contribution is 0.166. The van der Waals surface area contributed by atoms with Gasteiger partial charge >= 0.3 is 8.56 Å². The Bertz CT molecular complexity index is 330. The number of hydrogen-bond donors (Lipinski definition) is 1. The second-order valence-corrected chi connectivity index (χ2v) is 9.03. The van der Waals surface area contributed by atoms with E-state index in [1.165, 1.54) is 0 Å². The van der Waals surface area contributed by atoms with Crippen molar-refractivity contribution in [3.8, 4) is 0 Å². The molecule has 90 valence electrons. The summed E-state index contributed by atoms with van der Waals surface area (Å²) in [5.74, 6) is 0.